The van der Waals surface area contributed by atoms with Gasteiger partial charge in [0.05, 0.1) is 11.2 Å². The van der Waals surface area contributed by atoms with E-state index < -0.39 is 7.12 Å². The quantitative estimate of drug-likeness (QED) is 0.627. The maximum absolute atomic E-state index is 11.2. The highest BCUT2D eigenvalue weighted by Gasteiger charge is 2.52. The Hall–Kier alpha value is -1.65. The van der Waals surface area contributed by atoms with Crippen LogP contribution < -0.4 is 5.46 Å². The summed E-state index contributed by atoms with van der Waals surface area (Å²) in [6, 6.07) is 11.6. The van der Waals surface area contributed by atoms with Crippen LogP contribution in [0.25, 0.3) is 10.8 Å². The van der Waals surface area contributed by atoms with Gasteiger partial charge in [-0.05, 0) is 43.9 Å². The number of fused-ring (bicyclic) bond motifs is 1. The Morgan fingerprint density at radius 2 is 1.48 bits per heavy atom. The first-order chi connectivity index (χ1) is 9.86. The predicted octanol–water partition coefficient (Wildman–Crippen LogP) is 2.95. The van der Waals surface area contributed by atoms with Crippen molar-refractivity contribution in [3.8, 4) is 0 Å². The zero-order valence-corrected chi connectivity index (χ0v) is 12.8. The molecule has 2 aromatic carbocycles. The fourth-order valence-corrected chi connectivity index (χ4v) is 2.62. The molecule has 2 aromatic rings. The molecule has 0 N–H and O–H groups in total. The summed E-state index contributed by atoms with van der Waals surface area (Å²) in [5.41, 5.74) is 0.908. The van der Waals surface area contributed by atoms with Crippen LogP contribution >= 0.6 is 0 Å². The Morgan fingerprint density at radius 1 is 0.905 bits per heavy atom. The van der Waals surface area contributed by atoms with Crippen LogP contribution in [0.5, 0.6) is 0 Å². The van der Waals surface area contributed by atoms with Crippen molar-refractivity contribution in [1.82, 2.24) is 0 Å². The van der Waals surface area contributed by atoms with Crippen molar-refractivity contribution >= 4 is 29.6 Å². The van der Waals surface area contributed by atoms with Gasteiger partial charge in [0, 0.05) is 5.56 Å². The van der Waals surface area contributed by atoms with Gasteiger partial charge < -0.3 is 9.31 Å². The fraction of sp³-hybridized carbons (Fsp3) is 0.353. The van der Waals surface area contributed by atoms with E-state index in [1.807, 2.05) is 64.1 Å². The van der Waals surface area contributed by atoms with E-state index in [0.717, 1.165) is 22.5 Å². The van der Waals surface area contributed by atoms with Gasteiger partial charge in [0.2, 0.25) is 0 Å². The van der Waals surface area contributed by atoms with Crippen LogP contribution in [0.4, 0.5) is 0 Å². The Kier molecular flexibility index (Phi) is 3.19. The third kappa shape index (κ3) is 2.19. The molecule has 1 aliphatic rings. The average Bonchev–Trinajstić information content (AvgIpc) is 2.66. The molecule has 0 saturated carbocycles. The summed E-state index contributed by atoms with van der Waals surface area (Å²) < 4.78 is 12.2. The molecule has 0 aromatic heterocycles. The zero-order valence-electron chi connectivity index (χ0n) is 12.8. The molecule has 108 valence electrons. The molecule has 1 fully saturated rings. The minimum atomic E-state index is -0.416. The van der Waals surface area contributed by atoms with Crippen molar-refractivity contribution in [2.75, 3.05) is 0 Å². The molecule has 0 radical (unpaired) electrons. The molecule has 1 aliphatic heterocycles. The van der Waals surface area contributed by atoms with Crippen molar-refractivity contribution in [1.29, 1.82) is 0 Å². The zero-order chi connectivity index (χ0) is 15.3. The van der Waals surface area contributed by atoms with Gasteiger partial charge in [-0.25, -0.2) is 0 Å². The summed E-state index contributed by atoms with van der Waals surface area (Å²) in [4.78, 5) is 11.2. The summed E-state index contributed by atoms with van der Waals surface area (Å²) in [5.74, 6) is 0. The normalized spacial score (nSPS) is 19.9. The minimum Gasteiger partial charge on any atom is -0.399 e. The van der Waals surface area contributed by atoms with E-state index in [9.17, 15) is 4.79 Å². The molecule has 0 aliphatic carbocycles. The lowest BCUT2D eigenvalue weighted by Gasteiger charge is -2.32. The van der Waals surface area contributed by atoms with Crippen LogP contribution in [-0.4, -0.2) is 24.6 Å². The third-order valence-corrected chi connectivity index (χ3v) is 4.63. The van der Waals surface area contributed by atoms with Crippen molar-refractivity contribution < 1.29 is 14.1 Å². The van der Waals surface area contributed by atoms with Crippen molar-refractivity contribution in [3.63, 3.8) is 0 Å². The van der Waals surface area contributed by atoms with Gasteiger partial charge in [-0.15, -0.1) is 0 Å². The summed E-state index contributed by atoms with van der Waals surface area (Å²) >= 11 is 0. The lowest BCUT2D eigenvalue weighted by Crippen LogP contribution is -2.41. The molecule has 21 heavy (non-hydrogen) atoms. The van der Waals surface area contributed by atoms with Crippen LogP contribution in [0.3, 0.4) is 0 Å². The molecule has 4 heteroatoms. The number of rotatable bonds is 2. The number of aldehydes is 1. The third-order valence-electron chi connectivity index (χ3n) is 4.63. The van der Waals surface area contributed by atoms with E-state index >= 15 is 0 Å². The molecule has 0 unspecified atom stereocenters. The second kappa shape index (κ2) is 4.68. The van der Waals surface area contributed by atoms with E-state index in [1.165, 1.54) is 0 Å². The highest BCUT2D eigenvalue weighted by atomic mass is 16.7. The standard InChI is InChI=1S/C17H19BO3/c1-16(2)17(3,4)21-18(20-16)15-10-9-12(11-19)13-7-5-6-8-14(13)15/h5-11H,1-4H3. The van der Waals surface area contributed by atoms with Crippen molar-refractivity contribution in [3.05, 3.63) is 42.0 Å². The smallest absolute Gasteiger partial charge is 0.399 e. The number of carbonyl (C=O) groups excluding carboxylic acids is 1. The fourth-order valence-electron chi connectivity index (χ4n) is 2.62. The Bertz CT molecular complexity index is 690. The van der Waals surface area contributed by atoms with Crippen LogP contribution in [0.1, 0.15) is 38.1 Å². The molecule has 0 spiro atoms. The average molecular weight is 282 g/mol. The van der Waals surface area contributed by atoms with Crippen LogP contribution in [0.2, 0.25) is 0 Å². The molecule has 0 bridgehead atoms. The van der Waals surface area contributed by atoms with Gasteiger partial charge in [0.25, 0.3) is 0 Å². The van der Waals surface area contributed by atoms with Gasteiger partial charge in [0.1, 0.15) is 0 Å². The van der Waals surface area contributed by atoms with E-state index in [-0.39, 0.29) is 11.2 Å². The predicted molar refractivity (Wildman–Crippen MR) is 85.1 cm³/mol. The van der Waals surface area contributed by atoms with Gasteiger partial charge in [-0.1, -0.05) is 36.4 Å². The molecular weight excluding hydrogens is 263 g/mol. The first kappa shape index (κ1) is 14.3. The molecule has 0 amide bonds. The second-order valence-electron chi connectivity index (χ2n) is 6.50. The lowest BCUT2D eigenvalue weighted by atomic mass is 9.75. The number of benzene rings is 2. The van der Waals surface area contributed by atoms with E-state index in [0.29, 0.717) is 5.56 Å². The number of hydrogen-bond acceptors (Lipinski definition) is 3. The number of carbonyl (C=O) groups is 1. The molecule has 3 rings (SSSR count). The monoisotopic (exact) mass is 282 g/mol. The largest absolute Gasteiger partial charge is 0.495 e. The van der Waals surface area contributed by atoms with E-state index in [2.05, 4.69) is 0 Å². The Morgan fingerprint density at radius 3 is 2.05 bits per heavy atom. The van der Waals surface area contributed by atoms with Crippen LogP contribution in [0, 0.1) is 0 Å². The van der Waals surface area contributed by atoms with Gasteiger partial charge in [0.15, 0.2) is 6.29 Å². The molecule has 0 atom stereocenters. The molecule has 1 saturated heterocycles. The highest BCUT2D eigenvalue weighted by molar-refractivity contribution is 6.65. The SMILES string of the molecule is CC1(C)OB(c2ccc(C=O)c3ccccc23)OC1(C)C. The van der Waals surface area contributed by atoms with Gasteiger partial charge in [-0.2, -0.15) is 0 Å². The minimum absolute atomic E-state index is 0.373. The van der Waals surface area contributed by atoms with Gasteiger partial charge >= 0.3 is 7.12 Å². The Balaban J connectivity index is 2.13. The maximum Gasteiger partial charge on any atom is 0.495 e. The van der Waals surface area contributed by atoms with E-state index in [4.69, 9.17) is 9.31 Å². The van der Waals surface area contributed by atoms with Crippen molar-refractivity contribution in [2.24, 2.45) is 0 Å². The first-order valence-electron chi connectivity index (χ1n) is 7.18. The summed E-state index contributed by atoms with van der Waals surface area (Å²) in [6.45, 7) is 8.15. The topological polar surface area (TPSA) is 35.5 Å². The Labute approximate surface area is 125 Å². The van der Waals surface area contributed by atoms with Crippen molar-refractivity contribution in [2.45, 2.75) is 38.9 Å². The summed E-state index contributed by atoms with van der Waals surface area (Å²) in [7, 11) is -0.416. The maximum atomic E-state index is 11.2. The molecule has 3 nitrogen and oxygen atoms in total. The summed E-state index contributed by atoms with van der Waals surface area (Å²) in [5, 5.41) is 1.93. The lowest BCUT2D eigenvalue weighted by molar-refractivity contribution is 0.00578. The van der Waals surface area contributed by atoms with Crippen LogP contribution in [-0.2, 0) is 9.31 Å². The second-order valence-corrected chi connectivity index (χ2v) is 6.50. The van der Waals surface area contributed by atoms with Crippen LogP contribution in [0.15, 0.2) is 36.4 Å². The summed E-state index contributed by atoms with van der Waals surface area (Å²) in [6.07, 6.45) is 0.885. The molecule has 1 heterocycles. The first-order valence-corrected chi connectivity index (χ1v) is 7.18. The van der Waals surface area contributed by atoms with Gasteiger partial charge in [-0.3, -0.25) is 4.79 Å². The van der Waals surface area contributed by atoms with E-state index in [1.54, 1.807) is 0 Å². The highest BCUT2D eigenvalue weighted by Crippen LogP contribution is 2.37. The number of hydrogen-bond donors (Lipinski definition) is 0. The molecular formula is C17H19BO3.